The molecule has 0 radical (unpaired) electrons. The highest BCUT2D eigenvalue weighted by atomic mass is 15.3. The van der Waals surface area contributed by atoms with Crippen LogP contribution in [0.3, 0.4) is 0 Å². The quantitative estimate of drug-likeness (QED) is 0.826. The fourth-order valence-corrected chi connectivity index (χ4v) is 2.09. The fourth-order valence-electron chi connectivity index (χ4n) is 2.09. The molecule has 3 heteroatoms. The molecule has 0 unspecified atom stereocenters. The Balaban J connectivity index is 2.54. The molecular weight excluding hydrogens is 186 g/mol. The topological polar surface area (TPSA) is 43.8 Å². The maximum absolute atomic E-state index is 5.54. The van der Waals surface area contributed by atoms with Gasteiger partial charge in [0.25, 0.3) is 0 Å². The maximum Gasteiger partial charge on any atom is 0.0713 e. The number of aromatic nitrogens is 2. The molecule has 0 aliphatic carbocycles. The average Bonchev–Trinajstić information content (AvgIpc) is 2.53. The Morgan fingerprint density at radius 3 is 2.93 bits per heavy atom. The van der Waals surface area contributed by atoms with E-state index in [4.69, 9.17) is 5.73 Å². The van der Waals surface area contributed by atoms with Crippen LogP contribution in [-0.2, 0) is 13.5 Å². The van der Waals surface area contributed by atoms with Gasteiger partial charge in [-0.15, -0.1) is 0 Å². The average molecular weight is 203 g/mol. The third kappa shape index (κ3) is 1.75. The van der Waals surface area contributed by atoms with Crippen molar-refractivity contribution in [3.05, 3.63) is 29.5 Å². The molecular formula is C12H17N3. The minimum Gasteiger partial charge on any atom is -0.330 e. The van der Waals surface area contributed by atoms with Crippen LogP contribution in [0.4, 0.5) is 0 Å². The largest absolute Gasteiger partial charge is 0.330 e. The Morgan fingerprint density at radius 1 is 1.40 bits per heavy atom. The van der Waals surface area contributed by atoms with E-state index in [9.17, 15) is 0 Å². The van der Waals surface area contributed by atoms with Crippen LogP contribution in [0.25, 0.3) is 10.9 Å². The van der Waals surface area contributed by atoms with Gasteiger partial charge in [0.05, 0.1) is 11.2 Å². The molecule has 0 atom stereocenters. The van der Waals surface area contributed by atoms with Crippen LogP contribution in [0.15, 0.2) is 18.2 Å². The van der Waals surface area contributed by atoms with Crippen molar-refractivity contribution in [1.29, 1.82) is 0 Å². The first-order chi connectivity index (χ1) is 7.24. The lowest BCUT2D eigenvalue weighted by molar-refractivity contribution is 0.771. The van der Waals surface area contributed by atoms with Gasteiger partial charge < -0.3 is 5.73 Å². The normalized spacial score (nSPS) is 11.1. The lowest BCUT2D eigenvalue weighted by Gasteiger charge is -2.03. The smallest absolute Gasteiger partial charge is 0.0713 e. The number of aryl methyl sites for hydroxylation is 3. The summed E-state index contributed by atoms with van der Waals surface area (Å²) < 4.78 is 1.97. The molecule has 80 valence electrons. The summed E-state index contributed by atoms with van der Waals surface area (Å²) in [6.07, 6.45) is 2.07. The van der Waals surface area contributed by atoms with Gasteiger partial charge in [-0.3, -0.25) is 4.68 Å². The zero-order chi connectivity index (χ0) is 10.8. The molecule has 2 rings (SSSR count). The van der Waals surface area contributed by atoms with E-state index in [1.807, 2.05) is 11.7 Å². The van der Waals surface area contributed by atoms with Crippen molar-refractivity contribution in [2.75, 3.05) is 6.54 Å². The van der Waals surface area contributed by atoms with E-state index in [0.29, 0.717) is 0 Å². The third-order valence-corrected chi connectivity index (χ3v) is 2.78. The predicted molar refractivity (Wildman–Crippen MR) is 62.8 cm³/mol. The lowest BCUT2D eigenvalue weighted by atomic mass is 10.1. The standard InChI is InChI=1S/C12H17N3/c1-9-11-7-3-5-10(6-4-8-13)12(11)15(2)14-9/h3,5,7H,4,6,8,13H2,1-2H3. The second-order valence-corrected chi connectivity index (χ2v) is 3.91. The first-order valence-electron chi connectivity index (χ1n) is 5.35. The molecule has 0 spiro atoms. The summed E-state index contributed by atoms with van der Waals surface area (Å²) in [5, 5.41) is 5.70. The third-order valence-electron chi connectivity index (χ3n) is 2.78. The van der Waals surface area contributed by atoms with Crippen molar-refractivity contribution in [1.82, 2.24) is 9.78 Å². The number of hydrogen-bond acceptors (Lipinski definition) is 2. The summed E-state index contributed by atoms with van der Waals surface area (Å²) >= 11 is 0. The van der Waals surface area contributed by atoms with Crippen molar-refractivity contribution in [3.63, 3.8) is 0 Å². The van der Waals surface area contributed by atoms with Crippen LogP contribution < -0.4 is 5.73 Å². The molecule has 15 heavy (non-hydrogen) atoms. The van der Waals surface area contributed by atoms with Gasteiger partial charge in [0.15, 0.2) is 0 Å². The summed E-state index contributed by atoms with van der Waals surface area (Å²) in [6.45, 7) is 2.79. The highest BCUT2D eigenvalue weighted by Crippen LogP contribution is 2.22. The van der Waals surface area contributed by atoms with E-state index in [1.54, 1.807) is 0 Å². The number of nitrogens with zero attached hydrogens (tertiary/aromatic N) is 2. The summed E-state index contributed by atoms with van der Waals surface area (Å²) in [4.78, 5) is 0. The molecule has 3 nitrogen and oxygen atoms in total. The summed E-state index contributed by atoms with van der Waals surface area (Å²) in [5.74, 6) is 0. The molecule has 0 aliphatic rings. The first kappa shape index (κ1) is 10.2. The second kappa shape index (κ2) is 4.03. The van der Waals surface area contributed by atoms with Gasteiger partial charge >= 0.3 is 0 Å². The molecule has 0 aliphatic heterocycles. The Bertz CT molecular complexity index is 471. The second-order valence-electron chi connectivity index (χ2n) is 3.91. The fraction of sp³-hybridized carbons (Fsp3) is 0.417. The van der Waals surface area contributed by atoms with Crippen molar-refractivity contribution in [2.45, 2.75) is 19.8 Å². The zero-order valence-electron chi connectivity index (χ0n) is 9.33. The first-order valence-corrected chi connectivity index (χ1v) is 5.35. The zero-order valence-corrected chi connectivity index (χ0v) is 9.33. The van der Waals surface area contributed by atoms with Crippen LogP contribution in [0, 0.1) is 6.92 Å². The molecule has 0 saturated carbocycles. The highest BCUT2D eigenvalue weighted by Gasteiger charge is 2.08. The van der Waals surface area contributed by atoms with Crippen molar-refractivity contribution < 1.29 is 0 Å². The number of nitrogens with two attached hydrogens (primary N) is 1. The van der Waals surface area contributed by atoms with Crippen LogP contribution in [0.1, 0.15) is 17.7 Å². The van der Waals surface area contributed by atoms with Gasteiger partial charge in [-0.2, -0.15) is 5.10 Å². The molecule has 0 bridgehead atoms. The van der Waals surface area contributed by atoms with Crippen molar-refractivity contribution in [2.24, 2.45) is 12.8 Å². The number of fused-ring (bicyclic) bond motifs is 1. The van der Waals surface area contributed by atoms with E-state index < -0.39 is 0 Å². The van der Waals surface area contributed by atoms with Crippen LogP contribution in [-0.4, -0.2) is 16.3 Å². The lowest BCUT2D eigenvalue weighted by Crippen LogP contribution is -2.01. The van der Waals surface area contributed by atoms with E-state index in [0.717, 1.165) is 25.1 Å². The van der Waals surface area contributed by atoms with Gasteiger partial charge in [-0.25, -0.2) is 0 Å². The van der Waals surface area contributed by atoms with E-state index >= 15 is 0 Å². The van der Waals surface area contributed by atoms with Crippen molar-refractivity contribution in [3.8, 4) is 0 Å². The Hall–Kier alpha value is -1.35. The van der Waals surface area contributed by atoms with Gasteiger partial charge in [0.2, 0.25) is 0 Å². The van der Waals surface area contributed by atoms with Gasteiger partial charge in [0, 0.05) is 12.4 Å². The molecule has 1 aromatic heterocycles. The molecule has 0 amide bonds. The van der Waals surface area contributed by atoms with Crippen LogP contribution in [0.2, 0.25) is 0 Å². The van der Waals surface area contributed by atoms with E-state index in [1.165, 1.54) is 16.5 Å². The number of para-hydroxylation sites is 1. The monoisotopic (exact) mass is 203 g/mol. The highest BCUT2D eigenvalue weighted by molar-refractivity contribution is 5.84. The van der Waals surface area contributed by atoms with E-state index in [2.05, 4.69) is 30.2 Å². The Kier molecular flexibility index (Phi) is 2.73. The minimum absolute atomic E-state index is 0.743. The van der Waals surface area contributed by atoms with Crippen LogP contribution >= 0.6 is 0 Å². The Labute approximate surface area is 89.9 Å². The SMILES string of the molecule is Cc1nn(C)c2c(CCCN)cccc12. The number of hydrogen-bond donors (Lipinski definition) is 1. The van der Waals surface area contributed by atoms with Crippen LogP contribution in [0.5, 0.6) is 0 Å². The van der Waals surface area contributed by atoms with Gasteiger partial charge in [-0.1, -0.05) is 18.2 Å². The minimum atomic E-state index is 0.743. The molecule has 0 saturated heterocycles. The molecule has 1 aromatic carbocycles. The van der Waals surface area contributed by atoms with Crippen molar-refractivity contribution >= 4 is 10.9 Å². The summed E-state index contributed by atoms with van der Waals surface area (Å²) in [7, 11) is 2.00. The molecule has 2 N–H and O–H groups in total. The van der Waals surface area contributed by atoms with Gasteiger partial charge in [0.1, 0.15) is 0 Å². The van der Waals surface area contributed by atoms with E-state index in [-0.39, 0.29) is 0 Å². The van der Waals surface area contributed by atoms with Gasteiger partial charge in [-0.05, 0) is 31.9 Å². The summed E-state index contributed by atoms with van der Waals surface area (Å²) in [5.41, 5.74) is 9.24. The Morgan fingerprint density at radius 2 is 2.20 bits per heavy atom. The maximum atomic E-state index is 5.54. The molecule has 2 aromatic rings. The number of rotatable bonds is 3. The molecule has 1 heterocycles. The summed E-state index contributed by atoms with van der Waals surface area (Å²) in [6, 6.07) is 6.39. The number of benzene rings is 1. The predicted octanol–water partition coefficient (Wildman–Crippen LogP) is 1.77. The molecule has 0 fully saturated rings.